The zero-order chi connectivity index (χ0) is 14.7. The molecule has 1 atom stereocenters. The molecule has 0 fully saturated rings. The molecule has 1 heterocycles. The minimum absolute atomic E-state index is 0.408. The molecule has 1 N–H and O–H groups in total. The normalized spacial score (nSPS) is 12.3. The Labute approximate surface area is 118 Å². The van der Waals surface area contributed by atoms with Crippen LogP contribution in [-0.4, -0.2) is 21.0 Å². The van der Waals surface area contributed by atoms with Gasteiger partial charge in [0, 0.05) is 16.9 Å². The molecule has 0 saturated carbocycles. The zero-order valence-electron chi connectivity index (χ0n) is 10.1. The fourth-order valence-corrected chi connectivity index (χ4v) is 2.17. The highest BCUT2D eigenvalue weighted by Gasteiger charge is 2.44. The van der Waals surface area contributed by atoms with Gasteiger partial charge in [-0.25, -0.2) is 0 Å². The van der Waals surface area contributed by atoms with Crippen LogP contribution in [0.5, 0.6) is 0 Å². The molecule has 1 aromatic heterocycles. The van der Waals surface area contributed by atoms with Gasteiger partial charge < -0.3 is 4.98 Å². The van der Waals surface area contributed by atoms with Crippen molar-refractivity contribution in [1.29, 1.82) is 0 Å². The van der Waals surface area contributed by atoms with Gasteiger partial charge in [-0.05, 0) is 29.8 Å². The molecule has 7 nitrogen and oxygen atoms in total. The number of benzene rings is 1. The number of aromatic nitrogens is 1. The van der Waals surface area contributed by atoms with Crippen LogP contribution in [0.3, 0.4) is 0 Å². The molecule has 1 aromatic carbocycles. The first-order valence-electron chi connectivity index (χ1n) is 5.66. The van der Waals surface area contributed by atoms with Crippen LogP contribution < -0.4 is 0 Å². The number of nitrogens with zero attached hydrogens (tertiary/aromatic N) is 2. The summed E-state index contributed by atoms with van der Waals surface area (Å²) in [7, 11) is 0. The summed E-state index contributed by atoms with van der Waals surface area (Å²) in [6.45, 7) is 0. The molecular formula is C12H10ClN3O4. The molecule has 8 heteroatoms. The summed E-state index contributed by atoms with van der Waals surface area (Å²) in [6.07, 6.45) is -0.398. The molecule has 0 aliphatic rings. The lowest BCUT2D eigenvalue weighted by molar-refractivity contribution is -0.744. The zero-order valence-corrected chi connectivity index (χ0v) is 10.9. The highest BCUT2D eigenvalue weighted by molar-refractivity contribution is 6.30. The number of H-pyrrole nitrogens is 1. The predicted octanol–water partition coefficient (Wildman–Crippen LogP) is 2.68. The second kappa shape index (κ2) is 5.70. The molecular weight excluding hydrogens is 286 g/mol. The van der Waals surface area contributed by atoms with E-state index in [2.05, 4.69) is 4.98 Å². The number of aromatic amines is 1. The van der Waals surface area contributed by atoms with Crippen molar-refractivity contribution in [3.05, 3.63) is 79.1 Å². The molecule has 0 bridgehead atoms. The van der Waals surface area contributed by atoms with E-state index in [1.807, 2.05) is 0 Å². The van der Waals surface area contributed by atoms with Gasteiger partial charge in [-0.2, -0.15) is 0 Å². The molecule has 2 aromatic rings. The molecule has 1 unspecified atom stereocenters. The van der Waals surface area contributed by atoms with Gasteiger partial charge in [0.1, 0.15) is 0 Å². The Bertz CT molecular complexity index is 598. The van der Waals surface area contributed by atoms with E-state index in [4.69, 9.17) is 11.6 Å². The monoisotopic (exact) mass is 295 g/mol. The molecule has 0 radical (unpaired) electrons. The summed E-state index contributed by atoms with van der Waals surface area (Å²) >= 11 is 5.77. The maximum Gasteiger partial charge on any atom is 0.462 e. The van der Waals surface area contributed by atoms with E-state index in [9.17, 15) is 20.2 Å². The lowest BCUT2D eigenvalue weighted by Crippen LogP contribution is -2.36. The minimum atomic E-state index is -1.96. The van der Waals surface area contributed by atoms with E-state index in [0.29, 0.717) is 16.3 Å². The van der Waals surface area contributed by atoms with Gasteiger partial charge in [0.2, 0.25) is 0 Å². The molecule has 0 spiro atoms. The largest absolute Gasteiger partial charge is 0.462 e. The van der Waals surface area contributed by atoms with Crippen LogP contribution in [0, 0.1) is 20.2 Å². The number of hydrogen-bond acceptors (Lipinski definition) is 4. The molecule has 104 valence electrons. The average molecular weight is 296 g/mol. The second-order valence-corrected chi connectivity index (χ2v) is 4.58. The molecule has 2 rings (SSSR count). The van der Waals surface area contributed by atoms with Crippen molar-refractivity contribution in [3.63, 3.8) is 0 Å². The molecule has 20 heavy (non-hydrogen) atoms. The number of hydrogen-bond donors (Lipinski definition) is 1. The third-order valence-corrected chi connectivity index (χ3v) is 3.17. The van der Waals surface area contributed by atoms with Gasteiger partial charge >= 0.3 is 6.17 Å². The van der Waals surface area contributed by atoms with Crippen molar-refractivity contribution < 1.29 is 9.85 Å². The summed E-state index contributed by atoms with van der Waals surface area (Å²) in [4.78, 5) is 23.1. The topological polar surface area (TPSA) is 102 Å². The van der Waals surface area contributed by atoms with E-state index in [-0.39, 0.29) is 0 Å². The van der Waals surface area contributed by atoms with E-state index in [1.54, 1.807) is 42.6 Å². The molecule has 0 aliphatic carbocycles. The van der Waals surface area contributed by atoms with E-state index < -0.39 is 21.9 Å². The van der Waals surface area contributed by atoms with Crippen LogP contribution in [0.15, 0.2) is 42.6 Å². The van der Waals surface area contributed by atoms with Crippen molar-refractivity contribution in [2.45, 2.75) is 12.1 Å². The lowest BCUT2D eigenvalue weighted by atomic mass is 9.93. The van der Waals surface area contributed by atoms with Crippen LogP contribution in [0.4, 0.5) is 0 Å². The maximum absolute atomic E-state index is 11.0. The van der Waals surface area contributed by atoms with Crippen molar-refractivity contribution in [2.24, 2.45) is 0 Å². The quantitative estimate of drug-likeness (QED) is 0.520. The summed E-state index contributed by atoms with van der Waals surface area (Å²) in [5, 5.41) is 22.5. The van der Waals surface area contributed by atoms with Gasteiger partial charge in [-0.3, -0.25) is 20.2 Å². The Morgan fingerprint density at radius 1 is 1.05 bits per heavy atom. The van der Waals surface area contributed by atoms with Gasteiger partial charge in [0.05, 0.1) is 9.85 Å². The maximum atomic E-state index is 11.0. The summed E-state index contributed by atoms with van der Waals surface area (Å²) in [5.74, 6) is -1.01. The number of nitrogens with one attached hydrogen (secondary N) is 1. The highest BCUT2D eigenvalue weighted by Crippen LogP contribution is 2.29. The Morgan fingerprint density at radius 2 is 1.65 bits per heavy atom. The van der Waals surface area contributed by atoms with E-state index >= 15 is 0 Å². The highest BCUT2D eigenvalue weighted by atomic mass is 35.5. The molecule has 0 saturated heterocycles. The van der Waals surface area contributed by atoms with Gasteiger partial charge in [0.25, 0.3) is 0 Å². The summed E-state index contributed by atoms with van der Waals surface area (Å²) < 4.78 is 0. The van der Waals surface area contributed by atoms with Crippen LogP contribution in [0.2, 0.25) is 5.02 Å². The van der Waals surface area contributed by atoms with Crippen molar-refractivity contribution in [2.75, 3.05) is 0 Å². The number of rotatable bonds is 5. The molecule has 0 amide bonds. The van der Waals surface area contributed by atoms with E-state index in [0.717, 1.165) is 0 Å². The summed E-state index contributed by atoms with van der Waals surface area (Å²) in [5.41, 5.74) is 0.862. The third-order valence-electron chi connectivity index (χ3n) is 2.92. The summed E-state index contributed by atoms with van der Waals surface area (Å²) in [6, 6.07) is 9.41. The number of halogens is 1. The van der Waals surface area contributed by atoms with Crippen LogP contribution >= 0.6 is 11.6 Å². The van der Waals surface area contributed by atoms with Crippen molar-refractivity contribution >= 4 is 11.6 Å². The van der Waals surface area contributed by atoms with E-state index in [1.165, 1.54) is 0 Å². The molecule has 0 aliphatic heterocycles. The fraction of sp³-hybridized carbons (Fsp3) is 0.167. The van der Waals surface area contributed by atoms with Gasteiger partial charge in [-0.15, -0.1) is 0 Å². The first kappa shape index (κ1) is 14.0. The Morgan fingerprint density at radius 3 is 2.10 bits per heavy atom. The first-order chi connectivity index (χ1) is 9.50. The first-order valence-corrected chi connectivity index (χ1v) is 6.04. The Balaban J connectivity index is 2.52. The predicted molar refractivity (Wildman–Crippen MR) is 71.9 cm³/mol. The average Bonchev–Trinajstić information content (AvgIpc) is 2.89. The second-order valence-electron chi connectivity index (χ2n) is 4.14. The van der Waals surface area contributed by atoms with Crippen molar-refractivity contribution in [1.82, 2.24) is 4.98 Å². The fourth-order valence-electron chi connectivity index (χ4n) is 2.04. The lowest BCUT2D eigenvalue weighted by Gasteiger charge is -2.15. The van der Waals surface area contributed by atoms with Crippen LogP contribution in [-0.2, 0) is 0 Å². The smallest absolute Gasteiger partial charge is 0.364 e. The standard InChI is InChI=1S/C12H10ClN3O4/c13-9-5-3-8(4-6-9)11(10-2-1-7-14-10)12(15(17)18)16(19)20/h1-7,11-12,14H. The van der Waals surface area contributed by atoms with Gasteiger partial charge in [-0.1, -0.05) is 23.7 Å². The van der Waals surface area contributed by atoms with Crippen LogP contribution in [0.25, 0.3) is 0 Å². The van der Waals surface area contributed by atoms with Crippen molar-refractivity contribution in [3.8, 4) is 0 Å². The van der Waals surface area contributed by atoms with Gasteiger partial charge in [0.15, 0.2) is 5.92 Å². The minimum Gasteiger partial charge on any atom is -0.364 e. The Kier molecular flexibility index (Phi) is 3.99. The SMILES string of the molecule is O=[N+]([O-])C(C(c1ccc(Cl)cc1)c1ccc[nH]1)[N+](=O)[O-]. The number of nitro groups is 2. The third kappa shape index (κ3) is 2.77. The Hall–Kier alpha value is -2.41. The van der Waals surface area contributed by atoms with Crippen LogP contribution in [0.1, 0.15) is 17.2 Å².